The van der Waals surface area contributed by atoms with Gasteiger partial charge in [-0.2, -0.15) is 4.68 Å². The zero-order chi connectivity index (χ0) is 19.1. The van der Waals surface area contributed by atoms with E-state index in [0.29, 0.717) is 16.6 Å². The molecule has 1 heterocycles. The number of hydrogen-bond donors (Lipinski definition) is 2. The lowest BCUT2D eigenvalue weighted by Crippen LogP contribution is -2.27. The van der Waals surface area contributed by atoms with Crippen LogP contribution in [0.4, 0.5) is 26.4 Å². The van der Waals surface area contributed by atoms with Crippen molar-refractivity contribution >= 4 is 45.8 Å². The second kappa shape index (κ2) is 6.49. The summed E-state index contributed by atoms with van der Waals surface area (Å²) in [6, 6.07) is 9.41. The van der Waals surface area contributed by atoms with Crippen molar-refractivity contribution in [3.8, 4) is 0 Å². The minimum Gasteiger partial charge on any atom is -0.442 e. The highest BCUT2D eigenvalue weighted by molar-refractivity contribution is 6.33. The molecule has 0 saturated heterocycles. The maximum atomic E-state index is 14.0. The van der Waals surface area contributed by atoms with Gasteiger partial charge in [0.1, 0.15) is 11.4 Å². The number of nitrogens with two attached hydrogens (primary N) is 1. The third-order valence-electron chi connectivity index (χ3n) is 3.51. The molecule has 1 aromatic heterocycles. The van der Waals surface area contributed by atoms with E-state index in [0.717, 1.165) is 4.68 Å². The maximum Gasteiger partial charge on any atom is 0.435 e. The van der Waals surface area contributed by atoms with Crippen LogP contribution in [-0.2, 0) is 4.74 Å². The molecular formula is C18H18ClFN4O2. The fourth-order valence-electron chi connectivity index (χ4n) is 2.42. The van der Waals surface area contributed by atoms with E-state index in [2.05, 4.69) is 10.4 Å². The molecule has 0 aliphatic carbocycles. The zero-order valence-corrected chi connectivity index (χ0v) is 15.3. The number of carbonyl (C=O) groups is 1. The van der Waals surface area contributed by atoms with E-state index in [1.807, 2.05) is 0 Å². The summed E-state index contributed by atoms with van der Waals surface area (Å²) >= 11 is 6.04. The minimum atomic E-state index is -0.680. The third kappa shape index (κ3) is 3.57. The minimum absolute atomic E-state index is 0.143. The average molecular weight is 377 g/mol. The van der Waals surface area contributed by atoms with Gasteiger partial charge in [-0.1, -0.05) is 17.7 Å². The lowest BCUT2D eigenvalue weighted by molar-refractivity contribution is 0.0523. The number of halogens is 2. The van der Waals surface area contributed by atoms with Gasteiger partial charge in [-0.05, 0) is 51.1 Å². The average Bonchev–Trinajstić information content (AvgIpc) is 2.86. The molecule has 0 fully saturated rings. The summed E-state index contributed by atoms with van der Waals surface area (Å²) in [6.45, 7) is 5.27. The van der Waals surface area contributed by atoms with Crippen molar-refractivity contribution in [2.75, 3.05) is 11.1 Å². The summed E-state index contributed by atoms with van der Waals surface area (Å²) in [5.41, 5.74) is 6.31. The van der Waals surface area contributed by atoms with Gasteiger partial charge in [-0.25, -0.2) is 9.18 Å². The number of nitrogens with one attached hydrogen (secondary N) is 1. The number of carbonyl (C=O) groups excluding carboxylic acids is 1. The van der Waals surface area contributed by atoms with Gasteiger partial charge in [0.2, 0.25) is 0 Å². The van der Waals surface area contributed by atoms with Crippen LogP contribution in [-0.4, -0.2) is 21.5 Å². The van der Waals surface area contributed by atoms with E-state index < -0.39 is 17.5 Å². The summed E-state index contributed by atoms with van der Waals surface area (Å²) in [5.74, 6) is -0.293. The first-order valence-electron chi connectivity index (χ1n) is 7.88. The van der Waals surface area contributed by atoms with E-state index in [4.69, 9.17) is 22.1 Å². The number of nitrogens with zero attached hydrogens (tertiary/aromatic N) is 2. The molecule has 0 aliphatic heterocycles. The number of hydrogen-bond acceptors (Lipinski definition) is 5. The van der Waals surface area contributed by atoms with Crippen LogP contribution < -0.4 is 11.1 Å². The van der Waals surface area contributed by atoms with E-state index in [1.165, 1.54) is 12.1 Å². The second-order valence-corrected chi connectivity index (χ2v) is 7.14. The molecule has 6 nitrogen and oxygen atoms in total. The molecule has 26 heavy (non-hydrogen) atoms. The van der Waals surface area contributed by atoms with Crippen LogP contribution in [0.3, 0.4) is 0 Å². The van der Waals surface area contributed by atoms with E-state index >= 15 is 0 Å². The van der Waals surface area contributed by atoms with Crippen LogP contribution in [0.15, 0.2) is 36.4 Å². The predicted octanol–water partition coefficient (Wildman–Crippen LogP) is 4.94. The highest BCUT2D eigenvalue weighted by Crippen LogP contribution is 2.31. The van der Waals surface area contributed by atoms with Crippen LogP contribution in [0.25, 0.3) is 10.9 Å². The normalized spacial score (nSPS) is 11.6. The van der Waals surface area contributed by atoms with Gasteiger partial charge in [0, 0.05) is 11.1 Å². The summed E-state index contributed by atoms with van der Waals surface area (Å²) < 4.78 is 20.4. The first kappa shape index (κ1) is 18.0. The van der Waals surface area contributed by atoms with Gasteiger partial charge in [-0.3, -0.25) is 0 Å². The van der Waals surface area contributed by atoms with Gasteiger partial charge in [0.05, 0.1) is 16.2 Å². The molecule has 3 rings (SSSR count). The molecule has 8 heteroatoms. The van der Waals surface area contributed by atoms with Crippen LogP contribution in [0.2, 0.25) is 5.02 Å². The topological polar surface area (TPSA) is 82.2 Å². The van der Waals surface area contributed by atoms with Gasteiger partial charge in [0.25, 0.3) is 0 Å². The molecule has 0 atom stereocenters. The van der Waals surface area contributed by atoms with Crippen LogP contribution in [0.1, 0.15) is 20.8 Å². The van der Waals surface area contributed by atoms with Gasteiger partial charge in [0.15, 0.2) is 5.82 Å². The maximum absolute atomic E-state index is 14.0. The third-order valence-corrected chi connectivity index (χ3v) is 3.82. The fourth-order valence-corrected chi connectivity index (χ4v) is 2.63. The summed E-state index contributed by atoms with van der Waals surface area (Å²) in [6.07, 6.45) is -0.653. The number of fused-ring (bicyclic) bond motifs is 1. The summed E-state index contributed by atoms with van der Waals surface area (Å²) in [5, 5.41) is 7.79. The lowest BCUT2D eigenvalue weighted by atomic mass is 10.2. The van der Waals surface area contributed by atoms with Crippen molar-refractivity contribution in [2.45, 2.75) is 26.4 Å². The molecule has 0 spiro atoms. The Labute approximate surface area is 154 Å². The molecule has 0 saturated carbocycles. The smallest absolute Gasteiger partial charge is 0.435 e. The Kier molecular flexibility index (Phi) is 4.50. The molecular weight excluding hydrogens is 359 g/mol. The molecule has 0 aliphatic rings. The van der Waals surface area contributed by atoms with E-state index in [1.54, 1.807) is 45.0 Å². The van der Waals surface area contributed by atoms with Gasteiger partial charge in [-0.15, -0.1) is 5.10 Å². The molecule has 3 N–H and O–H groups in total. The Morgan fingerprint density at radius 1 is 1.31 bits per heavy atom. The Balaban J connectivity index is 2.02. The van der Waals surface area contributed by atoms with Crippen LogP contribution >= 0.6 is 11.6 Å². The fraction of sp³-hybridized carbons (Fsp3) is 0.222. The zero-order valence-electron chi connectivity index (χ0n) is 14.5. The molecule has 0 unspecified atom stereocenters. The summed E-state index contributed by atoms with van der Waals surface area (Å²) in [4.78, 5) is 12.4. The predicted molar refractivity (Wildman–Crippen MR) is 100 cm³/mol. The number of anilines is 3. The Hall–Kier alpha value is -2.80. The Morgan fingerprint density at radius 2 is 2.04 bits per heavy atom. The molecule has 2 aromatic carbocycles. The molecule has 0 amide bonds. The highest BCUT2D eigenvalue weighted by atomic mass is 35.5. The number of ether oxygens (including phenoxy) is 1. The molecule has 0 radical (unpaired) electrons. The largest absolute Gasteiger partial charge is 0.442 e. The molecule has 136 valence electrons. The monoisotopic (exact) mass is 376 g/mol. The van der Waals surface area contributed by atoms with Crippen molar-refractivity contribution in [1.29, 1.82) is 0 Å². The first-order chi connectivity index (χ1) is 12.2. The second-order valence-electron chi connectivity index (χ2n) is 6.73. The number of nitrogen functional groups attached to an aromatic ring is 1. The van der Waals surface area contributed by atoms with Crippen molar-refractivity contribution in [2.24, 2.45) is 0 Å². The van der Waals surface area contributed by atoms with Gasteiger partial charge >= 0.3 is 6.09 Å². The van der Waals surface area contributed by atoms with Crippen LogP contribution in [0.5, 0.6) is 0 Å². The summed E-state index contributed by atoms with van der Waals surface area (Å²) in [7, 11) is 0. The van der Waals surface area contributed by atoms with Crippen molar-refractivity contribution in [3.05, 3.63) is 47.2 Å². The Bertz CT molecular complexity index is 975. The number of para-hydroxylation sites is 1. The van der Waals surface area contributed by atoms with E-state index in [9.17, 15) is 9.18 Å². The Morgan fingerprint density at radius 3 is 2.69 bits per heavy atom. The number of aromatic nitrogens is 2. The number of benzene rings is 2. The van der Waals surface area contributed by atoms with Crippen molar-refractivity contribution < 1.29 is 13.9 Å². The number of rotatable bonds is 2. The van der Waals surface area contributed by atoms with Crippen molar-refractivity contribution in [3.63, 3.8) is 0 Å². The highest BCUT2D eigenvalue weighted by Gasteiger charge is 2.22. The lowest BCUT2D eigenvalue weighted by Gasteiger charge is -2.19. The quantitative estimate of drug-likeness (QED) is 0.662. The molecule has 0 bridgehead atoms. The van der Waals surface area contributed by atoms with Crippen LogP contribution in [0, 0.1) is 5.82 Å². The molecule has 3 aromatic rings. The van der Waals surface area contributed by atoms with Crippen molar-refractivity contribution in [1.82, 2.24) is 9.78 Å². The SMILES string of the molecule is CC(C)(C)OC(=O)n1nc(N)c2ccc(Nc3c(F)cccc3Cl)cc21. The standard InChI is InChI=1S/C18H18ClFN4O2/c1-18(2,3)26-17(25)24-14-9-10(7-8-11(14)16(21)23-24)22-15-12(19)5-4-6-13(15)20/h4-9,22H,1-3H3,(H2,21,23). The first-order valence-corrected chi connectivity index (χ1v) is 8.26. The van der Waals surface area contributed by atoms with E-state index in [-0.39, 0.29) is 16.5 Å². The van der Waals surface area contributed by atoms with Gasteiger partial charge < -0.3 is 15.8 Å².